The van der Waals surface area contributed by atoms with Crippen LogP contribution in [0.2, 0.25) is 0 Å². The number of benzene rings is 1. The summed E-state index contributed by atoms with van der Waals surface area (Å²) in [7, 11) is 1.70. The molecule has 1 heterocycles. The lowest BCUT2D eigenvalue weighted by Crippen LogP contribution is -2.51. The number of aliphatic carboxylic acids is 1. The van der Waals surface area contributed by atoms with Crippen LogP contribution in [0.4, 0.5) is 0 Å². The molecule has 0 radical (unpaired) electrons. The number of carboxylic acids is 1. The Hall–Kier alpha value is -1.43. The average molecular weight is 292 g/mol. The Labute approximate surface area is 126 Å². The Bertz CT molecular complexity index is 470. The van der Waals surface area contributed by atoms with Gasteiger partial charge in [-0.25, -0.2) is 0 Å². The van der Waals surface area contributed by atoms with Crippen molar-refractivity contribution in [3.63, 3.8) is 0 Å². The topological polar surface area (TPSA) is 53.0 Å². The van der Waals surface area contributed by atoms with Crippen molar-refractivity contribution in [2.75, 3.05) is 33.3 Å². The van der Waals surface area contributed by atoms with Crippen LogP contribution in [-0.2, 0) is 22.7 Å². The van der Waals surface area contributed by atoms with E-state index in [1.54, 1.807) is 14.0 Å². The first-order chi connectivity index (χ1) is 10.1. The Morgan fingerprint density at radius 2 is 1.95 bits per heavy atom. The van der Waals surface area contributed by atoms with Crippen molar-refractivity contribution < 1.29 is 14.6 Å². The van der Waals surface area contributed by atoms with Crippen LogP contribution in [0, 0.1) is 0 Å². The molecule has 1 atom stereocenters. The number of rotatable bonds is 6. The SMILES string of the molecule is COCc1cccc(CN2CCN(C(C)C(=O)O)CC2)c1. The zero-order valence-corrected chi connectivity index (χ0v) is 12.8. The van der Waals surface area contributed by atoms with Crippen molar-refractivity contribution in [3.05, 3.63) is 35.4 Å². The molecule has 1 aromatic carbocycles. The summed E-state index contributed by atoms with van der Waals surface area (Å²) in [6.45, 7) is 6.74. The van der Waals surface area contributed by atoms with Crippen LogP contribution in [-0.4, -0.2) is 60.2 Å². The molecule has 116 valence electrons. The highest BCUT2D eigenvalue weighted by Crippen LogP contribution is 2.12. The normalized spacial score (nSPS) is 18.6. The molecule has 0 aliphatic carbocycles. The van der Waals surface area contributed by atoms with Crippen molar-refractivity contribution in [2.24, 2.45) is 0 Å². The van der Waals surface area contributed by atoms with E-state index in [2.05, 4.69) is 29.2 Å². The first-order valence-corrected chi connectivity index (χ1v) is 7.36. The van der Waals surface area contributed by atoms with Gasteiger partial charge in [0.25, 0.3) is 0 Å². The van der Waals surface area contributed by atoms with Crippen molar-refractivity contribution in [3.8, 4) is 0 Å². The molecule has 0 aromatic heterocycles. The first kappa shape index (κ1) is 15.9. The van der Waals surface area contributed by atoms with Gasteiger partial charge in [0.2, 0.25) is 0 Å². The van der Waals surface area contributed by atoms with Gasteiger partial charge in [-0.15, -0.1) is 0 Å². The zero-order chi connectivity index (χ0) is 15.2. The Balaban J connectivity index is 1.86. The van der Waals surface area contributed by atoms with Gasteiger partial charge in [0.1, 0.15) is 6.04 Å². The number of hydrogen-bond acceptors (Lipinski definition) is 4. The molecule has 2 rings (SSSR count). The Kier molecular flexibility index (Phi) is 5.73. The molecule has 0 spiro atoms. The third-order valence-electron chi connectivity index (χ3n) is 4.02. The fourth-order valence-corrected chi connectivity index (χ4v) is 2.71. The minimum atomic E-state index is -0.740. The van der Waals surface area contributed by atoms with Crippen LogP contribution in [0.5, 0.6) is 0 Å². The van der Waals surface area contributed by atoms with E-state index < -0.39 is 12.0 Å². The second-order valence-corrected chi connectivity index (χ2v) is 5.58. The highest BCUT2D eigenvalue weighted by atomic mass is 16.5. The first-order valence-electron chi connectivity index (χ1n) is 7.36. The van der Waals surface area contributed by atoms with Gasteiger partial charge in [-0.1, -0.05) is 24.3 Å². The number of carboxylic acid groups (broad SMARTS) is 1. The van der Waals surface area contributed by atoms with E-state index in [0.717, 1.165) is 32.7 Å². The van der Waals surface area contributed by atoms with E-state index in [1.165, 1.54) is 11.1 Å². The summed E-state index contributed by atoms with van der Waals surface area (Å²) in [5, 5.41) is 9.05. The lowest BCUT2D eigenvalue weighted by molar-refractivity contribution is -0.143. The maximum Gasteiger partial charge on any atom is 0.320 e. The fourth-order valence-electron chi connectivity index (χ4n) is 2.71. The molecule has 5 heteroatoms. The Morgan fingerprint density at radius 3 is 2.57 bits per heavy atom. The van der Waals surface area contributed by atoms with E-state index in [4.69, 9.17) is 9.84 Å². The highest BCUT2D eigenvalue weighted by Gasteiger charge is 2.24. The molecule has 1 aliphatic rings. The molecular formula is C16H24N2O3. The van der Waals surface area contributed by atoms with Gasteiger partial charge in [0.15, 0.2) is 0 Å². The zero-order valence-electron chi connectivity index (χ0n) is 12.8. The summed E-state index contributed by atoms with van der Waals surface area (Å²) in [6.07, 6.45) is 0. The van der Waals surface area contributed by atoms with Crippen LogP contribution in [0.25, 0.3) is 0 Å². The van der Waals surface area contributed by atoms with Crippen LogP contribution >= 0.6 is 0 Å². The van der Waals surface area contributed by atoms with E-state index in [9.17, 15) is 4.79 Å². The molecular weight excluding hydrogens is 268 g/mol. The molecule has 0 amide bonds. The number of nitrogens with zero attached hydrogens (tertiary/aromatic N) is 2. The van der Waals surface area contributed by atoms with Gasteiger partial charge >= 0.3 is 5.97 Å². The van der Waals surface area contributed by atoms with Gasteiger partial charge in [-0.2, -0.15) is 0 Å². The molecule has 1 unspecified atom stereocenters. The van der Waals surface area contributed by atoms with Crippen molar-refractivity contribution in [2.45, 2.75) is 26.1 Å². The molecule has 21 heavy (non-hydrogen) atoms. The average Bonchev–Trinajstić information content (AvgIpc) is 2.48. The number of carbonyl (C=O) groups is 1. The second kappa shape index (κ2) is 7.54. The molecule has 0 bridgehead atoms. The number of hydrogen-bond donors (Lipinski definition) is 1. The maximum atomic E-state index is 11.0. The summed E-state index contributed by atoms with van der Waals surface area (Å²) in [5.41, 5.74) is 2.47. The van der Waals surface area contributed by atoms with Gasteiger partial charge < -0.3 is 9.84 Å². The maximum absolute atomic E-state index is 11.0. The molecule has 1 N–H and O–H groups in total. The van der Waals surface area contributed by atoms with Crippen LogP contribution in [0.3, 0.4) is 0 Å². The van der Waals surface area contributed by atoms with Crippen LogP contribution in [0.15, 0.2) is 24.3 Å². The predicted molar refractivity (Wildman–Crippen MR) is 81.1 cm³/mol. The molecule has 1 fully saturated rings. The fraction of sp³-hybridized carbons (Fsp3) is 0.562. The lowest BCUT2D eigenvalue weighted by Gasteiger charge is -2.36. The third kappa shape index (κ3) is 4.52. The van der Waals surface area contributed by atoms with Gasteiger partial charge in [0, 0.05) is 39.8 Å². The van der Waals surface area contributed by atoms with Gasteiger partial charge in [-0.05, 0) is 18.1 Å². The summed E-state index contributed by atoms with van der Waals surface area (Å²) in [4.78, 5) is 15.4. The molecule has 5 nitrogen and oxygen atoms in total. The van der Waals surface area contributed by atoms with Crippen molar-refractivity contribution in [1.29, 1.82) is 0 Å². The van der Waals surface area contributed by atoms with Gasteiger partial charge in [0.05, 0.1) is 6.61 Å². The minimum absolute atomic E-state index is 0.391. The molecule has 1 aromatic rings. The summed E-state index contributed by atoms with van der Waals surface area (Å²) in [6, 6.07) is 8.05. The van der Waals surface area contributed by atoms with Crippen molar-refractivity contribution in [1.82, 2.24) is 9.80 Å². The number of ether oxygens (including phenoxy) is 1. The Morgan fingerprint density at radius 1 is 1.29 bits per heavy atom. The standard InChI is InChI=1S/C16H24N2O3/c1-13(16(19)20)18-8-6-17(7-9-18)11-14-4-3-5-15(10-14)12-21-2/h3-5,10,13H,6-9,11-12H2,1-2H3,(H,19,20). The summed E-state index contributed by atoms with van der Waals surface area (Å²) >= 11 is 0. The number of methoxy groups -OCH3 is 1. The predicted octanol–water partition coefficient (Wildman–Crippen LogP) is 1.42. The number of piperazine rings is 1. The second-order valence-electron chi connectivity index (χ2n) is 5.58. The quantitative estimate of drug-likeness (QED) is 0.859. The smallest absolute Gasteiger partial charge is 0.320 e. The van der Waals surface area contributed by atoms with Gasteiger partial charge in [-0.3, -0.25) is 14.6 Å². The van der Waals surface area contributed by atoms with Crippen LogP contribution in [0.1, 0.15) is 18.1 Å². The minimum Gasteiger partial charge on any atom is -0.480 e. The summed E-state index contributed by atoms with van der Waals surface area (Å²) < 4.78 is 5.16. The molecule has 0 saturated carbocycles. The molecule has 1 saturated heterocycles. The van der Waals surface area contributed by atoms with E-state index >= 15 is 0 Å². The lowest BCUT2D eigenvalue weighted by atomic mass is 10.1. The van der Waals surface area contributed by atoms with E-state index in [-0.39, 0.29) is 0 Å². The highest BCUT2D eigenvalue weighted by molar-refractivity contribution is 5.72. The van der Waals surface area contributed by atoms with Crippen LogP contribution < -0.4 is 0 Å². The largest absolute Gasteiger partial charge is 0.480 e. The van der Waals surface area contributed by atoms with E-state index in [1.807, 2.05) is 4.90 Å². The summed E-state index contributed by atoms with van der Waals surface area (Å²) in [5.74, 6) is -0.740. The monoisotopic (exact) mass is 292 g/mol. The molecule has 1 aliphatic heterocycles. The third-order valence-corrected chi connectivity index (χ3v) is 4.02. The van der Waals surface area contributed by atoms with Crippen molar-refractivity contribution >= 4 is 5.97 Å². The van der Waals surface area contributed by atoms with E-state index in [0.29, 0.717) is 6.61 Å².